The van der Waals surface area contributed by atoms with Crippen molar-refractivity contribution < 1.29 is 14.7 Å². The van der Waals surface area contributed by atoms with Crippen LogP contribution in [0.15, 0.2) is 0 Å². The van der Waals surface area contributed by atoms with Gasteiger partial charge in [-0.1, -0.05) is 46.3 Å². The summed E-state index contributed by atoms with van der Waals surface area (Å²) in [5.41, 5.74) is -0.153. The molecule has 0 fully saturated rings. The van der Waals surface area contributed by atoms with Crippen molar-refractivity contribution in [3.8, 4) is 0 Å². The molecular weight excluding hydrogens is 370 g/mol. The Morgan fingerprint density at radius 2 is 1.65 bits per heavy atom. The van der Waals surface area contributed by atoms with Crippen molar-refractivity contribution in [3.05, 3.63) is 0 Å². The molecule has 0 saturated heterocycles. The molecule has 0 radical (unpaired) electrons. The van der Waals surface area contributed by atoms with Crippen molar-refractivity contribution in [2.75, 3.05) is 5.75 Å². The quantitative estimate of drug-likeness (QED) is 0.283. The zero-order valence-corrected chi connectivity index (χ0v) is 18.6. The monoisotopic (exact) mass is 405 g/mol. The second-order valence-corrected chi connectivity index (χ2v) is 8.87. The van der Waals surface area contributed by atoms with Gasteiger partial charge in [0.15, 0.2) is 0 Å². The van der Waals surface area contributed by atoms with E-state index in [1.165, 1.54) is 0 Å². The van der Waals surface area contributed by atoms with Crippen molar-refractivity contribution in [2.24, 2.45) is 11.8 Å². The van der Waals surface area contributed by atoms with Crippen LogP contribution in [-0.2, 0) is 9.59 Å². The number of carbonyl (C=O) groups excluding carboxylic acids is 1. The first-order valence-corrected chi connectivity index (χ1v) is 10.1. The highest BCUT2D eigenvalue weighted by atomic mass is 32.1. The maximum atomic E-state index is 12.7. The highest BCUT2D eigenvalue weighted by molar-refractivity contribution is 7.81. The summed E-state index contributed by atoms with van der Waals surface area (Å²) >= 11 is 9.82. The average Bonchev–Trinajstić information content (AvgIpc) is 2.52. The van der Waals surface area contributed by atoms with E-state index in [-0.39, 0.29) is 29.3 Å². The SMILES string of the molecule is CC[C@H](C)[C@H](NC(=O)[C@@H](NC(=S)[C@H](CS)NC(C)(C)C)C(C)C)C(=O)O. The van der Waals surface area contributed by atoms with Gasteiger partial charge >= 0.3 is 5.97 Å². The van der Waals surface area contributed by atoms with Gasteiger partial charge in [0, 0.05) is 11.3 Å². The molecule has 152 valence electrons. The molecule has 4 atom stereocenters. The highest BCUT2D eigenvalue weighted by Gasteiger charge is 2.31. The van der Waals surface area contributed by atoms with Crippen LogP contribution in [0.1, 0.15) is 54.9 Å². The fourth-order valence-electron chi connectivity index (χ4n) is 2.43. The lowest BCUT2D eigenvalue weighted by molar-refractivity contribution is -0.143. The molecule has 0 aromatic rings. The van der Waals surface area contributed by atoms with Gasteiger partial charge in [0.25, 0.3) is 0 Å². The maximum absolute atomic E-state index is 12.7. The van der Waals surface area contributed by atoms with Crippen LogP contribution in [0, 0.1) is 11.8 Å². The van der Waals surface area contributed by atoms with Gasteiger partial charge in [-0.2, -0.15) is 12.6 Å². The molecule has 0 bridgehead atoms. The lowest BCUT2D eigenvalue weighted by Gasteiger charge is -2.32. The Morgan fingerprint density at radius 1 is 1.12 bits per heavy atom. The van der Waals surface area contributed by atoms with Gasteiger partial charge in [0.2, 0.25) is 5.91 Å². The van der Waals surface area contributed by atoms with Crippen molar-refractivity contribution >= 4 is 41.7 Å². The molecule has 0 aliphatic rings. The van der Waals surface area contributed by atoms with Gasteiger partial charge in [-0.05, 0) is 32.6 Å². The first kappa shape index (κ1) is 25.1. The largest absolute Gasteiger partial charge is 0.480 e. The summed E-state index contributed by atoms with van der Waals surface area (Å²) in [6.45, 7) is 13.6. The molecule has 0 rings (SSSR count). The number of carboxylic acids is 1. The number of thiocarbonyl (C=S) groups is 1. The molecule has 26 heavy (non-hydrogen) atoms. The minimum absolute atomic E-state index is 0.0606. The van der Waals surface area contributed by atoms with Gasteiger partial charge in [-0.15, -0.1) is 0 Å². The Morgan fingerprint density at radius 3 is 2.00 bits per heavy atom. The number of carboxylic acid groups (broad SMARTS) is 1. The summed E-state index contributed by atoms with van der Waals surface area (Å²) in [4.78, 5) is 24.7. The third-order valence-corrected chi connectivity index (χ3v) is 4.90. The summed E-state index contributed by atoms with van der Waals surface area (Å²) in [7, 11) is 0. The van der Waals surface area contributed by atoms with E-state index in [1.807, 2.05) is 48.5 Å². The Kier molecular flexibility index (Phi) is 10.7. The molecule has 0 aliphatic heterocycles. The summed E-state index contributed by atoms with van der Waals surface area (Å²) in [5, 5.41) is 18.5. The normalized spacial score (nSPS) is 16.5. The van der Waals surface area contributed by atoms with Crippen molar-refractivity contribution in [3.63, 3.8) is 0 Å². The number of aliphatic carboxylic acids is 1. The van der Waals surface area contributed by atoms with E-state index < -0.39 is 18.1 Å². The molecule has 0 unspecified atom stereocenters. The summed E-state index contributed by atoms with van der Waals surface area (Å²) < 4.78 is 0. The zero-order valence-electron chi connectivity index (χ0n) is 16.9. The lowest BCUT2D eigenvalue weighted by atomic mass is 9.97. The Hall–Kier alpha value is -0.860. The molecule has 1 amide bonds. The molecule has 0 spiro atoms. The minimum Gasteiger partial charge on any atom is -0.480 e. The van der Waals surface area contributed by atoms with Gasteiger partial charge in [-0.25, -0.2) is 4.79 Å². The fourth-order valence-corrected chi connectivity index (χ4v) is 3.10. The van der Waals surface area contributed by atoms with Crippen LogP contribution >= 0.6 is 24.8 Å². The number of nitrogens with one attached hydrogen (secondary N) is 3. The summed E-state index contributed by atoms with van der Waals surface area (Å²) in [6.07, 6.45) is 0.659. The van der Waals surface area contributed by atoms with Gasteiger partial charge in [0.1, 0.15) is 12.1 Å². The van der Waals surface area contributed by atoms with Crippen LogP contribution in [0.4, 0.5) is 0 Å². The van der Waals surface area contributed by atoms with E-state index >= 15 is 0 Å². The third kappa shape index (κ3) is 8.68. The average molecular weight is 406 g/mol. The maximum Gasteiger partial charge on any atom is 0.326 e. The van der Waals surface area contributed by atoms with Gasteiger partial charge < -0.3 is 21.1 Å². The second-order valence-electron chi connectivity index (χ2n) is 8.07. The lowest BCUT2D eigenvalue weighted by Crippen LogP contribution is -2.59. The summed E-state index contributed by atoms with van der Waals surface area (Å²) in [6, 6.07) is -1.72. The predicted molar refractivity (Wildman–Crippen MR) is 114 cm³/mol. The second kappa shape index (κ2) is 11.1. The number of amides is 1. The third-order valence-electron chi connectivity index (χ3n) is 4.13. The number of hydrogen-bond donors (Lipinski definition) is 5. The Bertz CT molecular complexity index is 493. The van der Waals surface area contributed by atoms with Gasteiger partial charge in [-0.3, -0.25) is 4.79 Å². The van der Waals surface area contributed by atoms with Crippen molar-refractivity contribution in [1.82, 2.24) is 16.0 Å². The minimum atomic E-state index is -1.03. The van der Waals surface area contributed by atoms with Crippen molar-refractivity contribution in [2.45, 2.75) is 78.6 Å². The van der Waals surface area contributed by atoms with E-state index in [0.29, 0.717) is 17.2 Å². The van der Waals surface area contributed by atoms with Gasteiger partial charge in [0.05, 0.1) is 11.0 Å². The number of rotatable bonds is 10. The van der Waals surface area contributed by atoms with Crippen LogP contribution < -0.4 is 16.0 Å². The first-order valence-electron chi connectivity index (χ1n) is 9.06. The predicted octanol–water partition coefficient (Wildman–Crippen LogP) is 2.23. The molecule has 4 N–H and O–H groups in total. The molecule has 6 nitrogen and oxygen atoms in total. The number of thiol groups is 1. The van der Waals surface area contributed by atoms with E-state index in [9.17, 15) is 14.7 Å². The molecule has 0 aromatic heterocycles. The zero-order chi connectivity index (χ0) is 20.7. The van der Waals surface area contributed by atoms with E-state index in [1.54, 1.807) is 0 Å². The van der Waals surface area contributed by atoms with Crippen molar-refractivity contribution in [1.29, 1.82) is 0 Å². The number of carbonyl (C=O) groups is 2. The van der Waals surface area contributed by atoms with Crippen LogP contribution in [-0.4, -0.2) is 51.4 Å². The molecule has 0 saturated carbocycles. The summed E-state index contributed by atoms with van der Waals surface area (Å²) in [5.74, 6) is -1.12. The highest BCUT2D eigenvalue weighted by Crippen LogP contribution is 2.11. The smallest absolute Gasteiger partial charge is 0.326 e. The Labute approximate surface area is 168 Å². The van der Waals surface area contributed by atoms with E-state index in [2.05, 4.69) is 28.6 Å². The Balaban J connectivity index is 5.19. The molecule has 8 heteroatoms. The van der Waals surface area contributed by atoms with Crippen LogP contribution in [0.25, 0.3) is 0 Å². The topological polar surface area (TPSA) is 90.5 Å². The first-order chi connectivity index (χ1) is 11.8. The van der Waals surface area contributed by atoms with E-state index in [0.717, 1.165) is 0 Å². The van der Waals surface area contributed by atoms with Crippen LogP contribution in [0.3, 0.4) is 0 Å². The molecular formula is C18H35N3O3S2. The number of hydrogen-bond acceptors (Lipinski definition) is 5. The van der Waals surface area contributed by atoms with Crippen LogP contribution in [0.5, 0.6) is 0 Å². The molecule has 0 heterocycles. The fraction of sp³-hybridized carbons (Fsp3) is 0.833. The molecule has 0 aromatic carbocycles. The molecule has 0 aliphatic carbocycles. The standard InChI is InChI=1S/C18H35N3O3S2/c1-8-11(4)14(17(23)24)19-15(22)13(10(2)3)20-16(26)12(9-25)21-18(5,6)7/h10-14,21,25H,8-9H2,1-7H3,(H,19,22)(H,20,26)(H,23,24)/t11-,12-,13-,14-/m0/s1. The van der Waals surface area contributed by atoms with E-state index in [4.69, 9.17) is 12.2 Å². The van der Waals surface area contributed by atoms with Crippen LogP contribution in [0.2, 0.25) is 0 Å².